The smallest absolute Gasteiger partial charge is 0.321 e. The van der Waals surface area contributed by atoms with Crippen molar-refractivity contribution in [2.45, 2.75) is 12.8 Å². The average Bonchev–Trinajstić information content (AvgIpc) is 2.46. The summed E-state index contributed by atoms with van der Waals surface area (Å²) in [5, 5.41) is 4.63. The van der Waals surface area contributed by atoms with Gasteiger partial charge >= 0.3 is 6.03 Å². The Balaban J connectivity index is 2.16. The zero-order valence-corrected chi connectivity index (χ0v) is 11.7. The van der Waals surface area contributed by atoms with Crippen molar-refractivity contribution in [3.63, 3.8) is 0 Å². The van der Waals surface area contributed by atoms with Gasteiger partial charge in [0.25, 0.3) is 0 Å². The fraction of sp³-hybridized carbons (Fsp3) is 0.429. The summed E-state index contributed by atoms with van der Waals surface area (Å²) in [5.41, 5.74) is 2.12. The Bertz CT molecular complexity index is 502. The summed E-state index contributed by atoms with van der Waals surface area (Å²) in [6.07, 6.45) is 1.95. The molecule has 1 aliphatic rings. The molecule has 1 aromatic carbocycles. The number of rotatable bonds is 3. The Kier molecular flexibility index (Phi) is 4.45. The fourth-order valence-electron chi connectivity index (χ4n) is 2.43. The van der Waals surface area contributed by atoms with Gasteiger partial charge in [-0.3, -0.25) is 10.1 Å². The average molecular weight is 277 g/mol. The number of methoxy groups -OCH3 is 1. The quantitative estimate of drug-likeness (QED) is 0.861. The van der Waals surface area contributed by atoms with E-state index >= 15 is 0 Å². The summed E-state index contributed by atoms with van der Waals surface area (Å²) in [4.78, 5) is 24.9. The minimum Gasteiger partial charge on any atom is -0.495 e. The molecule has 0 unspecified atom stereocenters. The molecule has 0 bridgehead atoms. The molecule has 0 fully saturated rings. The number of para-hydroxylation sites is 1. The van der Waals surface area contributed by atoms with Gasteiger partial charge in [0.05, 0.1) is 19.3 Å². The molecule has 108 valence electrons. The van der Waals surface area contributed by atoms with Gasteiger partial charge in [0.15, 0.2) is 0 Å². The number of carbonyl (C=O) groups excluding carboxylic acids is 2. The number of ether oxygens (including phenoxy) is 1. The highest BCUT2D eigenvalue weighted by atomic mass is 16.5. The highest BCUT2D eigenvalue weighted by Gasteiger charge is 2.23. The van der Waals surface area contributed by atoms with Crippen molar-refractivity contribution >= 4 is 17.6 Å². The second-order valence-corrected chi connectivity index (χ2v) is 4.62. The summed E-state index contributed by atoms with van der Waals surface area (Å²) in [5.74, 6) is 0.429. The van der Waals surface area contributed by atoms with E-state index in [-0.39, 0.29) is 12.5 Å². The van der Waals surface area contributed by atoms with Gasteiger partial charge in [-0.2, -0.15) is 0 Å². The molecular formula is C14H19N3O3. The summed E-state index contributed by atoms with van der Waals surface area (Å²) < 4.78 is 5.37. The van der Waals surface area contributed by atoms with Crippen LogP contribution in [0, 0.1) is 0 Å². The number of nitrogens with one attached hydrogen (secondary N) is 2. The van der Waals surface area contributed by atoms with Crippen LogP contribution in [0.15, 0.2) is 18.2 Å². The van der Waals surface area contributed by atoms with Crippen LogP contribution in [0.4, 0.5) is 10.5 Å². The minimum absolute atomic E-state index is 0.140. The van der Waals surface area contributed by atoms with E-state index in [0.717, 1.165) is 30.8 Å². The lowest BCUT2D eigenvalue weighted by molar-refractivity contribution is -0.118. The zero-order valence-electron chi connectivity index (χ0n) is 11.7. The molecule has 0 atom stereocenters. The first-order chi connectivity index (χ1) is 9.65. The van der Waals surface area contributed by atoms with Crippen molar-refractivity contribution in [2.75, 3.05) is 32.1 Å². The highest BCUT2D eigenvalue weighted by molar-refractivity contribution is 5.96. The van der Waals surface area contributed by atoms with Gasteiger partial charge in [-0.15, -0.1) is 0 Å². The van der Waals surface area contributed by atoms with E-state index in [9.17, 15) is 9.59 Å². The summed E-state index contributed by atoms with van der Waals surface area (Å²) in [6, 6.07) is 5.38. The Morgan fingerprint density at radius 3 is 2.90 bits per heavy atom. The first-order valence-corrected chi connectivity index (χ1v) is 6.58. The molecule has 0 aliphatic carbocycles. The maximum atomic E-state index is 11.8. The predicted octanol–water partition coefficient (Wildman–Crippen LogP) is 0.903. The third kappa shape index (κ3) is 3.01. The van der Waals surface area contributed by atoms with Gasteiger partial charge in [-0.05, 0) is 24.5 Å². The third-order valence-corrected chi connectivity index (χ3v) is 3.31. The maximum Gasteiger partial charge on any atom is 0.321 e. The number of nitrogens with zero attached hydrogens (tertiary/aromatic N) is 1. The number of benzene rings is 1. The molecule has 3 amide bonds. The molecule has 0 saturated heterocycles. The SMILES string of the molecule is CNC(=O)NC(=O)CN1CCCc2cccc(OC)c21. The standard InChI is InChI=1S/C14H19N3O3/c1-15-14(19)16-12(18)9-17-8-4-6-10-5-3-7-11(20-2)13(10)17/h3,5,7H,4,6,8-9H2,1-2H3,(H2,15,16,18,19). The Labute approximate surface area is 118 Å². The Morgan fingerprint density at radius 1 is 1.40 bits per heavy atom. The topological polar surface area (TPSA) is 70.7 Å². The van der Waals surface area contributed by atoms with Crippen molar-refractivity contribution in [2.24, 2.45) is 0 Å². The normalized spacial score (nSPS) is 13.4. The molecule has 2 rings (SSSR count). The molecule has 1 aliphatic heterocycles. The number of urea groups is 1. The van der Waals surface area contributed by atoms with E-state index in [1.54, 1.807) is 7.11 Å². The lowest BCUT2D eigenvalue weighted by Crippen LogP contribution is -2.44. The molecule has 0 spiro atoms. The van der Waals surface area contributed by atoms with Crippen molar-refractivity contribution in [3.8, 4) is 5.75 Å². The molecule has 0 radical (unpaired) electrons. The molecule has 6 nitrogen and oxygen atoms in total. The fourth-order valence-corrected chi connectivity index (χ4v) is 2.43. The number of anilines is 1. The van der Waals surface area contributed by atoms with Crippen LogP contribution in [0.3, 0.4) is 0 Å². The number of fused-ring (bicyclic) bond motifs is 1. The van der Waals surface area contributed by atoms with E-state index in [4.69, 9.17) is 4.74 Å². The van der Waals surface area contributed by atoms with E-state index in [1.165, 1.54) is 12.6 Å². The summed E-state index contributed by atoms with van der Waals surface area (Å²) in [6.45, 7) is 0.912. The van der Waals surface area contributed by atoms with Crippen LogP contribution >= 0.6 is 0 Å². The van der Waals surface area contributed by atoms with E-state index in [0.29, 0.717) is 0 Å². The van der Waals surface area contributed by atoms with Gasteiger partial charge in [-0.1, -0.05) is 12.1 Å². The monoisotopic (exact) mass is 277 g/mol. The molecule has 20 heavy (non-hydrogen) atoms. The molecule has 1 heterocycles. The number of hydrogen-bond acceptors (Lipinski definition) is 4. The van der Waals surface area contributed by atoms with Crippen LogP contribution < -0.4 is 20.3 Å². The predicted molar refractivity (Wildman–Crippen MR) is 76.1 cm³/mol. The molecule has 1 aromatic rings. The Hall–Kier alpha value is -2.24. The van der Waals surface area contributed by atoms with Crippen LogP contribution in [-0.4, -0.2) is 39.2 Å². The first-order valence-electron chi connectivity index (χ1n) is 6.58. The molecular weight excluding hydrogens is 258 g/mol. The lowest BCUT2D eigenvalue weighted by atomic mass is 10.0. The number of hydrogen-bond donors (Lipinski definition) is 2. The number of aryl methyl sites for hydroxylation is 1. The number of amides is 3. The van der Waals surface area contributed by atoms with Gasteiger partial charge in [0, 0.05) is 13.6 Å². The highest BCUT2D eigenvalue weighted by Crippen LogP contribution is 2.35. The largest absolute Gasteiger partial charge is 0.495 e. The van der Waals surface area contributed by atoms with Crippen LogP contribution in [0.2, 0.25) is 0 Å². The van der Waals surface area contributed by atoms with E-state index in [1.807, 2.05) is 23.1 Å². The number of imide groups is 1. The lowest BCUT2D eigenvalue weighted by Gasteiger charge is -2.31. The van der Waals surface area contributed by atoms with Gasteiger partial charge < -0.3 is 15.0 Å². The van der Waals surface area contributed by atoms with Crippen molar-refractivity contribution in [1.29, 1.82) is 0 Å². The second kappa shape index (κ2) is 6.27. The molecule has 6 heteroatoms. The first kappa shape index (κ1) is 14.2. The second-order valence-electron chi connectivity index (χ2n) is 4.62. The van der Waals surface area contributed by atoms with Crippen LogP contribution in [0.25, 0.3) is 0 Å². The maximum absolute atomic E-state index is 11.8. The van der Waals surface area contributed by atoms with Gasteiger partial charge in [0.2, 0.25) is 5.91 Å². The number of carbonyl (C=O) groups is 2. The summed E-state index contributed by atoms with van der Waals surface area (Å²) in [7, 11) is 3.09. The molecule has 2 N–H and O–H groups in total. The van der Waals surface area contributed by atoms with Crippen LogP contribution in [0.1, 0.15) is 12.0 Å². The summed E-state index contributed by atoms with van der Waals surface area (Å²) >= 11 is 0. The van der Waals surface area contributed by atoms with Crippen molar-refractivity contribution in [1.82, 2.24) is 10.6 Å². The zero-order chi connectivity index (χ0) is 14.5. The minimum atomic E-state index is -0.493. The van der Waals surface area contributed by atoms with Crippen LogP contribution in [0.5, 0.6) is 5.75 Å². The van der Waals surface area contributed by atoms with E-state index < -0.39 is 6.03 Å². The van der Waals surface area contributed by atoms with Crippen LogP contribution in [-0.2, 0) is 11.2 Å². The molecule has 0 saturated carbocycles. The third-order valence-electron chi connectivity index (χ3n) is 3.31. The van der Waals surface area contributed by atoms with E-state index in [2.05, 4.69) is 10.6 Å². The van der Waals surface area contributed by atoms with Crippen molar-refractivity contribution in [3.05, 3.63) is 23.8 Å². The van der Waals surface area contributed by atoms with Gasteiger partial charge in [0.1, 0.15) is 5.75 Å². The molecule has 0 aromatic heterocycles. The Morgan fingerprint density at radius 2 is 2.20 bits per heavy atom. The van der Waals surface area contributed by atoms with Gasteiger partial charge in [-0.25, -0.2) is 4.79 Å². The van der Waals surface area contributed by atoms with Crippen molar-refractivity contribution < 1.29 is 14.3 Å².